The third kappa shape index (κ3) is 8.69. The van der Waals surface area contributed by atoms with Crippen LogP contribution in [0, 0.1) is 0 Å². The van der Waals surface area contributed by atoms with Gasteiger partial charge in [0, 0.05) is 6.54 Å². The lowest BCUT2D eigenvalue weighted by Crippen LogP contribution is -2.25. The van der Waals surface area contributed by atoms with Crippen LogP contribution in [0.3, 0.4) is 0 Å². The molecule has 0 unspecified atom stereocenters. The number of nitrogens with one attached hydrogen (secondary N) is 1. The summed E-state index contributed by atoms with van der Waals surface area (Å²) in [5, 5.41) is 2.27. The molecule has 0 bridgehead atoms. The summed E-state index contributed by atoms with van der Waals surface area (Å²) in [6.07, 6.45) is 0. The van der Waals surface area contributed by atoms with E-state index in [2.05, 4.69) is 5.09 Å². The predicted octanol–water partition coefficient (Wildman–Crippen LogP) is 0.405. The van der Waals surface area contributed by atoms with E-state index in [9.17, 15) is 4.57 Å². The molecule has 7 heteroatoms. The maximum absolute atomic E-state index is 10.4. The summed E-state index contributed by atoms with van der Waals surface area (Å²) >= 11 is 10.5. The Morgan fingerprint density at radius 3 is 2.11 bits per heavy atom. The molecule has 0 saturated carbocycles. The van der Waals surface area contributed by atoms with E-state index in [1.54, 1.807) is 0 Å². The van der Waals surface area contributed by atoms with Gasteiger partial charge in [-0.3, -0.25) is 15.6 Å². The van der Waals surface area contributed by atoms with E-state index >= 15 is 0 Å². The maximum Gasteiger partial charge on any atom is 0.273 e. The minimum atomic E-state index is -3.14. The normalized spacial score (nSPS) is 12.6. The molecule has 0 aliphatic heterocycles. The van der Waals surface area contributed by atoms with Crippen LogP contribution in [-0.2, 0) is 4.57 Å². The van der Waals surface area contributed by atoms with Gasteiger partial charge in [-0.1, -0.05) is 0 Å². The molecule has 0 aliphatic carbocycles. The Morgan fingerprint density at radius 1 is 1.56 bits per heavy atom. The first-order valence-electron chi connectivity index (χ1n) is 2.12. The highest BCUT2D eigenvalue weighted by molar-refractivity contribution is 7.56. The highest BCUT2D eigenvalue weighted by Crippen LogP contribution is 2.17. The standard InChI is InChI=1S/C2H8Cl2N3OP/c3-2(4)1-7-9(5,6)8/h2H,1H2,(H5,5,6,7,8). The van der Waals surface area contributed by atoms with E-state index < -0.39 is 12.4 Å². The molecule has 0 aromatic heterocycles. The van der Waals surface area contributed by atoms with Gasteiger partial charge in [-0.2, -0.15) is 0 Å². The third-order valence-electron chi connectivity index (χ3n) is 0.493. The molecule has 0 fully saturated rings. The fraction of sp³-hybridized carbons (Fsp3) is 1.00. The largest absolute Gasteiger partial charge is 0.273 e. The monoisotopic (exact) mass is 191 g/mol. The molecule has 5 N–H and O–H groups in total. The van der Waals surface area contributed by atoms with Gasteiger partial charge in [-0.15, -0.1) is 23.2 Å². The summed E-state index contributed by atoms with van der Waals surface area (Å²) < 4.78 is 10.4. The van der Waals surface area contributed by atoms with Gasteiger partial charge < -0.3 is 0 Å². The third-order valence-corrected chi connectivity index (χ3v) is 1.48. The molecule has 0 aromatic carbocycles. The molecule has 0 amide bonds. The van der Waals surface area contributed by atoms with E-state index in [4.69, 9.17) is 34.2 Å². The number of hydrogen-bond acceptors (Lipinski definition) is 1. The molecule has 0 rings (SSSR count). The first-order valence-corrected chi connectivity index (χ1v) is 4.84. The molecular formula is C2H8Cl2N3OP. The predicted molar refractivity (Wildman–Crippen MR) is 39.5 cm³/mol. The first-order chi connectivity index (χ1) is 3.92. The second-order valence-corrected chi connectivity index (χ2v) is 4.47. The number of rotatable bonds is 3. The van der Waals surface area contributed by atoms with Crippen molar-refractivity contribution in [1.29, 1.82) is 0 Å². The van der Waals surface area contributed by atoms with Crippen LogP contribution in [-0.4, -0.2) is 11.4 Å². The van der Waals surface area contributed by atoms with Crippen LogP contribution in [0.1, 0.15) is 0 Å². The molecule has 9 heavy (non-hydrogen) atoms. The van der Waals surface area contributed by atoms with E-state index in [-0.39, 0.29) is 6.54 Å². The minimum absolute atomic E-state index is 0.132. The highest BCUT2D eigenvalue weighted by atomic mass is 35.5. The van der Waals surface area contributed by atoms with Crippen LogP contribution in [0.2, 0.25) is 0 Å². The van der Waals surface area contributed by atoms with Gasteiger partial charge in [0.2, 0.25) is 0 Å². The van der Waals surface area contributed by atoms with Crippen molar-refractivity contribution in [1.82, 2.24) is 5.09 Å². The van der Waals surface area contributed by atoms with Crippen molar-refractivity contribution in [3.8, 4) is 0 Å². The molecule has 0 spiro atoms. The Hall–Kier alpha value is 0.690. The highest BCUT2D eigenvalue weighted by Gasteiger charge is 2.08. The quantitative estimate of drug-likeness (QED) is 0.446. The van der Waals surface area contributed by atoms with Crippen LogP contribution in [0.4, 0.5) is 0 Å². The van der Waals surface area contributed by atoms with Crippen molar-refractivity contribution in [2.75, 3.05) is 6.54 Å². The van der Waals surface area contributed by atoms with Crippen molar-refractivity contribution in [2.45, 2.75) is 4.84 Å². The minimum Gasteiger partial charge on any atom is -0.271 e. The van der Waals surface area contributed by atoms with E-state index in [0.29, 0.717) is 0 Å². The van der Waals surface area contributed by atoms with Crippen molar-refractivity contribution < 1.29 is 4.57 Å². The van der Waals surface area contributed by atoms with E-state index in [1.165, 1.54) is 0 Å². The van der Waals surface area contributed by atoms with Crippen molar-refractivity contribution >= 4 is 30.8 Å². The fourth-order valence-corrected chi connectivity index (χ4v) is 1.05. The molecule has 4 nitrogen and oxygen atoms in total. The summed E-state index contributed by atoms with van der Waals surface area (Å²) in [5.41, 5.74) is 9.78. The first kappa shape index (κ1) is 9.69. The van der Waals surface area contributed by atoms with Gasteiger partial charge in [-0.05, 0) is 0 Å². The number of alkyl halides is 2. The molecule has 56 valence electrons. The summed E-state index contributed by atoms with van der Waals surface area (Å²) in [7, 11) is -3.14. The van der Waals surface area contributed by atoms with Gasteiger partial charge in [0.05, 0.1) is 0 Å². The van der Waals surface area contributed by atoms with Gasteiger partial charge in [0.15, 0.2) is 0 Å². The van der Waals surface area contributed by atoms with Crippen LogP contribution >= 0.6 is 30.8 Å². The van der Waals surface area contributed by atoms with Crippen LogP contribution in [0.5, 0.6) is 0 Å². The Balaban J connectivity index is 3.40. The van der Waals surface area contributed by atoms with Gasteiger partial charge in [0.1, 0.15) is 4.84 Å². The number of nitrogens with two attached hydrogens (primary N) is 2. The van der Waals surface area contributed by atoms with Crippen molar-refractivity contribution in [3.05, 3.63) is 0 Å². The van der Waals surface area contributed by atoms with Crippen LogP contribution in [0.15, 0.2) is 0 Å². The Bertz CT molecular complexity index is 123. The Morgan fingerprint density at radius 2 is 2.00 bits per heavy atom. The molecule has 0 heterocycles. The molecule has 0 aromatic rings. The van der Waals surface area contributed by atoms with Gasteiger partial charge >= 0.3 is 0 Å². The molecule has 0 radical (unpaired) electrons. The molecule has 0 aliphatic rings. The second-order valence-electron chi connectivity index (χ2n) is 1.46. The fourth-order valence-electron chi connectivity index (χ4n) is 0.212. The molecule has 0 saturated heterocycles. The summed E-state index contributed by atoms with van der Waals surface area (Å²) in [6, 6.07) is 0. The summed E-state index contributed by atoms with van der Waals surface area (Å²) in [4.78, 5) is -0.634. The lowest BCUT2D eigenvalue weighted by atomic mass is 10.8. The Kier molecular flexibility index (Phi) is 4.05. The Labute approximate surface area is 63.4 Å². The lowest BCUT2D eigenvalue weighted by molar-refractivity contribution is 0.567. The van der Waals surface area contributed by atoms with Crippen molar-refractivity contribution in [2.24, 2.45) is 11.0 Å². The SMILES string of the molecule is NP(N)(=O)NCC(Cl)Cl. The van der Waals surface area contributed by atoms with Gasteiger partial charge in [0.25, 0.3) is 7.59 Å². The maximum atomic E-state index is 10.4. The average molecular weight is 192 g/mol. The summed E-state index contributed by atoms with van der Waals surface area (Å²) in [5.74, 6) is 0. The molecular weight excluding hydrogens is 184 g/mol. The average Bonchev–Trinajstić information content (AvgIpc) is 1.59. The topological polar surface area (TPSA) is 81.1 Å². The van der Waals surface area contributed by atoms with Crippen LogP contribution < -0.4 is 16.1 Å². The number of hydrogen-bond donors (Lipinski definition) is 3. The van der Waals surface area contributed by atoms with Gasteiger partial charge in [-0.25, -0.2) is 5.09 Å². The summed E-state index contributed by atoms with van der Waals surface area (Å²) in [6.45, 7) is 0.132. The molecule has 0 atom stereocenters. The second kappa shape index (κ2) is 3.76. The zero-order chi connectivity index (χ0) is 7.49. The van der Waals surface area contributed by atoms with Crippen molar-refractivity contribution in [3.63, 3.8) is 0 Å². The van der Waals surface area contributed by atoms with E-state index in [1.807, 2.05) is 0 Å². The number of halogens is 2. The lowest BCUT2D eigenvalue weighted by Gasteiger charge is -2.07. The van der Waals surface area contributed by atoms with E-state index in [0.717, 1.165) is 0 Å². The zero-order valence-electron chi connectivity index (χ0n) is 4.55. The smallest absolute Gasteiger partial charge is 0.271 e. The zero-order valence-corrected chi connectivity index (χ0v) is 6.96. The van der Waals surface area contributed by atoms with Crippen LogP contribution in [0.25, 0.3) is 0 Å².